The summed E-state index contributed by atoms with van der Waals surface area (Å²) in [4.78, 5) is 21.3. The molecule has 332 valence electrons. The van der Waals surface area contributed by atoms with Gasteiger partial charge in [0.1, 0.15) is 16.7 Å². The predicted octanol–water partition coefficient (Wildman–Crippen LogP) is 15.9. The lowest BCUT2D eigenvalue weighted by Gasteiger charge is -2.22. The van der Waals surface area contributed by atoms with Crippen LogP contribution >= 0.6 is 0 Å². The van der Waals surface area contributed by atoms with Gasteiger partial charge in [-0.1, -0.05) is 172 Å². The first-order valence-electron chi connectivity index (χ1n) is 23.6. The monoisotopic (exact) mass is 902 g/mol. The Balaban J connectivity index is 1.05. The molecule has 5 heterocycles. The molecule has 0 unspecified atom stereocenters. The molecular formula is C62H42N6O2. The van der Waals surface area contributed by atoms with Crippen LogP contribution in [0.25, 0.3) is 128 Å². The summed E-state index contributed by atoms with van der Waals surface area (Å²) in [5.74, 6) is 2.18. The third-order valence-corrected chi connectivity index (χ3v) is 14.6. The van der Waals surface area contributed by atoms with Crippen molar-refractivity contribution < 1.29 is 8.83 Å². The number of nitrogens with zero attached hydrogens (tertiary/aromatic N) is 6. The Morgan fingerprint density at radius 1 is 0.529 bits per heavy atom. The molecule has 1 aliphatic rings. The van der Waals surface area contributed by atoms with Crippen LogP contribution in [0.5, 0.6) is 0 Å². The van der Waals surface area contributed by atoms with E-state index in [4.69, 9.17) is 28.8 Å². The zero-order valence-corrected chi connectivity index (χ0v) is 38.6. The van der Waals surface area contributed by atoms with E-state index < -0.39 is 0 Å². The molecule has 0 atom stereocenters. The van der Waals surface area contributed by atoms with Crippen molar-refractivity contribution in [2.45, 2.75) is 26.2 Å². The number of benzene rings is 8. The zero-order valence-electron chi connectivity index (χ0n) is 38.6. The molecule has 8 nitrogen and oxygen atoms in total. The van der Waals surface area contributed by atoms with Gasteiger partial charge in [-0.25, -0.2) is 9.97 Å². The molecule has 5 aromatic heterocycles. The van der Waals surface area contributed by atoms with Crippen molar-refractivity contribution in [3.63, 3.8) is 0 Å². The quantitative estimate of drug-likeness (QED) is 0.148. The van der Waals surface area contributed by atoms with E-state index in [1.165, 1.54) is 22.3 Å². The normalized spacial score (nSPS) is 13.7. The van der Waals surface area contributed by atoms with Crippen molar-refractivity contribution >= 4 is 82.2 Å². The molecule has 0 aliphatic heterocycles. The van der Waals surface area contributed by atoms with Crippen molar-refractivity contribution in [3.05, 3.63) is 211 Å². The summed E-state index contributed by atoms with van der Waals surface area (Å²) in [5.41, 5.74) is 15.2. The minimum Gasteiger partial charge on any atom is -0.455 e. The maximum Gasteiger partial charge on any atom is 0.238 e. The molecule has 0 saturated carbocycles. The molecule has 0 bridgehead atoms. The highest BCUT2D eigenvalue weighted by molar-refractivity contribution is 6.24. The van der Waals surface area contributed by atoms with Crippen molar-refractivity contribution in [1.82, 2.24) is 29.1 Å². The topological polar surface area (TPSA) is 87.7 Å². The molecular weight excluding hydrogens is 861 g/mol. The molecule has 70 heavy (non-hydrogen) atoms. The van der Waals surface area contributed by atoms with Gasteiger partial charge in [0.25, 0.3) is 0 Å². The fourth-order valence-electron chi connectivity index (χ4n) is 11.0. The van der Waals surface area contributed by atoms with Crippen LogP contribution in [0.1, 0.15) is 31.9 Å². The highest BCUT2D eigenvalue weighted by atomic mass is 16.4. The van der Waals surface area contributed by atoms with Crippen LogP contribution in [0.4, 0.5) is 0 Å². The van der Waals surface area contributed by atoms with Crippen molar-refractivity contribution in [2.24, 2.45) is 0 Å². The lowest BCUT2D eigenvalue weighted by atomic mass is 9.81. The number of hydrogen-bond acceptors (Lipinski definition) is 6. The van der Waals surface area contributed by atoms with Gasteiger partial charge in [0, 0.05) is 48.9 Å². The van der Waals surface area contributed by atoms with Gasteiger partial charge in [0.05, 0.1) is 33.3 Å². The third-order valence-electron chi connectivity index (χ3n) is 14.6. The molecule has 1 aliphatic carbocycles. The van der Waals surface area contributed by atoms with Gasteiger partial charge in [0.2, 0.25) is 11.8 Å². The van der Waals surface area contributed by atoms with Crippen molar-refractivity contribution in [1.29, 1.82) is 0 Å². The van der Waals surface area contributed by atoms with Gasteiger partial charge in [-0.15, -0.1) is 0 Å². The third kappa shape index (κ3) is 5.70. The summed E-state index contributed by atoms with van der Waals surface area (Å²) in [7, 11) is 0. The van der Waals surface area contributed by atoms with Gasteiger partial charge >= 0.3 is 0 Å². The lowest BCUT2D eigenvalue weighted by Crippen LogP contribution is -2.15. The van der Waals surface area contributed by atoms with Crippen molar-refractivity contribution in [2.75, 3.05) is 0 Å². The van der Waals surface area contributed by atoms with Gasteiger partial charge < -0.3 is 13.4 Å². The summed E-state index contributed by atoms with van der Waals surface area (Å²) in [6.07, 6.45) is 6.00. The first kappa shape index (κ1) is 40.0. The fraction of sp³-hybridized carbons (Fsp3) is 0.0645. The second-order valence-corrected chi connectivity index (χ2v) is 18.7. The van der Waals surface area contributed by atoms with E-state index in [2.05, 4.69) is 158 Å². The Morgan fingerprint density at radius 2 is 1.19 bits per heavy atom. The highest BCUT2D eigenvalue weighted by Crippen LogP contribution is 2.48. The maximum absolute atomic E-state index is 6.96. The number of oxazole rings is 1. The summed E-state index contributed by atoms with van der Waals surface area (Å²) in [6.45, 7) is 10.7. The minimum atomic E-state index is -0.204. The number of rotatable bonds is 7. The van der Waals surface area contributed by atoms with E-state index in [0.29, 0.717) is 29.1 Å². The summed E-state index contributed by atoms with van der Waals surface area (Å²) in [5, 5.41) is 6.41. The molecule has 13 aromatic rings. The molecule has 8 heteroatoms. The molecule has 14 rings (SSSR count). The van der Waals surface area contributed by atoms with E-state index in [9.17, 15) is 0 Å². The second-order valence-electron chi connectivity index (χ2n) is 18.7. The standard InChI is InChI=1S/C62H42N6O2/c1-5-6-20-39-36(2)62(3,4)48-35-38(31-32-40(39)48)59-64-58(37-18-8-7-9-19-37)65-61(66-59)68-51-28-14-11-22-42(51)45-34-33-44-41-21-10-13-27-50(41)67(54(44)55(45)68)52-29-17-26-49-57(52)70-60(63-49)47-25-16-24-46-43-23-12-15-30-53(43)69-56(46)47/h5-35H,1H2,2-4H3/b20-6-. The van der Waals surface area contributed by atoms with E-state index in [1.54, 1.807) is 0 Å². The summed E-state index contributed by atoms with van der Waals surface area (Å²) in [6, 6.07) is 58.8. The van der Waals surface area contributed by atoms with Gasteiger partial charge in [-0.05, 0) is 66.1 Å². The lowest BCUT2D eigenvalue weighted by molar-refractivity contribution is 0.613. The second kappa shape index (κ2) is 14.9. The van der Waals surface area contributed by atoms with Crippen LogP contribution in [0, 0.1) is 0 Å². The van der Waals surface area contributed by atoms with E-state index in [0.717, 1.165) is 93.4 Å². The minimum absolute atomic E-state index is 0.204. The maximum atomic E-state index is 6.96. The number of aromatic nitrogens is 6. The Morgan fingerprint density at radius 3 is 1.96 bits per heavy atom. The van der Waals surface area contributed by atoms with Crippen LogP contribution in [0.2, 0.25) is 0 Å². The van der Waals surface area contributed by atoms with E-state index >= 15 is 0 Å². The average molecular weight is 903 g/mol. The molecule has 0 spiro atoms. The van der Waals surface area contributed by atoms with Crippen LogP contribution in [0.15, 0.2) is 209 Å². The Labute approximate surface area is 401 Å². The van der Waals surface area contributed by atoms with Crippen molar-refractivity contribution in [3.8, 4) is 45.9 Å². The van der Waals surface area contributed by atoms with Crippen LogP contribution < -0.4 is 0 Å². The highest BCUT2D eigenvalue weighted by Gasteiger charge is 2.35. The van der Waals surface area contributed by atoms with Crippen LogP contribution in [-0.2, 0) is 5.41 Å². The molecule has 0 amide bonds. The number of para-hydroxylation sites is 5. The Bertz CT molecular complexity index is 4420. The molecule has 0 fully saturated rings. The molecule has 0 radical (unpaired) electrons. The SMILES string of the molecule is C=C/C=C\C1=C(C)C(C)(C)c2cc(-c3nc(-c4ccccc4)nc(-n4c5ccccc5c5ccc6c7ccccc7n(-c7cccc8nc(-c9cccc%10c9oc9ccccc9%10)oc78)c6c54)n3)ccc21. The number of allylic oxidation sites excluding steroid dienone is 5. The molecule has 0 saturated heterocycles. The molecule has 0 N–H and O–H groups in total. The molecule has 8 aromatic carbocycles. The average Bonchev–Trinajstić information content (AvgIpc) is 4.21. The van der Waals surface area contributed by atoms with Gasteiger partial charge in [-0.2, -0.15) is 9.97 Å². The van der Waals surface area contributed by atoms with Gasteiger partial charge in [0.15, 0.2) is 17.2 Å². The first-order chi connectivity index (χ1) is 34.4. The predicted molar refractivity (Wildman–Crippen MR) is 285 cm³/mol. The summed E-state index contributed by atoms with van der Waals surface area (Å²) < 4.78 is 18.0. The largest absolute Gasteiger partial charge is 0.455 e. The number of fused-ring (bicyclic) bond motifs is 12. The summed E-state index contributed by atoms with van der Waals surface area (Å²) >= 11 is 0. The van der Waals surface area contributed by atoms with Crippen LogP contribution in [0.3, 0.4) is 0 Å². The smallest absolute Gasteiger partial charge is 0.238 e. The number of furan rings is 1. The number of hydrogen-bond donors (Lipinski definition) is 0. The van der Waals surface area contributed by atoms with Crippen LogP contribution in [-0.4, -0.2) is 29.1 Å². The van der Waals surface area contributed by atoms with E-state index in [-0.39, 0.29) is 5.41 Å². The Hall–Kier alpha value is -9.14. The fourth-order valence-corrected chi connectivity index (χ4v) is 11.0. The Kier molecular flexibility index (Phi) is 8.53. The van der Waals surface area contributed by atoms with E-state index in [1.807, 2.05) is 66.7 Å². The zero-order chi connectivity index (χ0) is 46.8. The first-order valence-corrected chi connectivity index (χ1v) is 23.6. The van der Waals surface area contributed by atoms with Gasteiger partial charge in [-0.3, -0.25) is 4.57 Å².